The van der Waals surface area contributed by atoms with Crippen molar-refractivity contribution in [2.45, 2.75) is 18.2 Å². The molecule has 2 rings (SSSR count). The topological polar surface area (TPSA) is 24.4 Å². The first-order chi connectivity index (χ1) is 7.31. The van der Waals surface area contributed by atoms with Gasteiger partial charge in [0.05, 0.1) is 11.4 Å². The van der Waals surface area contributed by atoms with E-state index in [9.17, 15) is 0 Å². The molecule has 1 aromatic rings. The molecule has 1 aliphatic rings. The Morgan fingerprint density at radius 1 is 1.47 bits per heavy atom. The third kappa shape index (κ3) is 2.47. The maximum Gasteiger partial charge on any atom is 0.105 e. The van der Waals surface area contributed by atoms with Gasteiger partial charge in [-0.15, -0.1) is 11.8 Å². The van der Waals surface area contributed by atoms with Crippen LogP contribution in [0.25, 0.3) is 0 Å². The van der Waals surface area contributed by atoms with Crippen molar-refractivity contribution in [3.8, 4) is 0 Å². The average molecular weight is 240 g/mol. The lowest BCUT2D eigenvalue weighted by molar-refractivity contribution is 1.10. The quantitative estimate of drug-likeness (QED) is 0.812. The second kappa shape index (κ2) is 4.90. The van der Waals surface area contributed by atoms with E-state index < -0.39 is 0 Å². The van der Waals surface area contributed by atoms with E-state index in [1.54, 1.807) is 18.1 Å². The van der Waals surface area contributed by atoms with E-state index in [0.29, 0.717) is 0 Å². The molecule has 0 bridgehead atoms. The Morgan fingerprint density at radius 3 is 3.13 bits per heavy atom. The Hall–Kier alpha value is -0.670. The van der Waals surface area contributed by atoms with Crippen molar-refractivity contribution in [3.05, 3.63) is 29.3 Å². The molecule has 15 heavy (non-hydrogen) atoms. The summed E-state index contributed by atoms with van der Waals surface area (Å²) in [6, 6.07) is 4.04. The van der Waals surface area contributed by atoms with Crippen LogP contribution in [0.1, 0.15) is 18.9 Å². The van der Waals surface area contributed by atoms with E-state index in [4.69, 9.17) is 11.6 Å². The van der Waals surface area contributed by atoms with Crippen molar-refractivity contribution in [3.63, 3.8) is 0 Å². The first-order valence-corrected chi connectivity index (χ1v) is 6.25. The second-order valence-corrected chi connectivity index (χ2v) is 4.81. The molecule has 1 radical (unpaired) electrons. The lowest BCUT2D eigenvalue weighted by Gasteiger charge is -2.14. The Kier molecular flexibility index (Phi) is 3.54. The van der Waals surface area contributed by atoms with Crippen molar-refractivity contribution in [2.75, 3.05) is 11.1 Å². The van der Waals surface area contributed by atoms with Crippen molar-refractivity contribution >= 4 is 35.4 Å². The monoisotopic (exact) mass is 239 g/mol. The molecule has 1 aromatic carbocycles. The fourth-order valence-electron chi connectivity index (χ4n) is 1.35. The van der Waals surface area contributed by atoms with Gasteiger partial charge < -0.3 is 5.32 Å². The van der Waals surface area contributed by atoms with Gasteiger partial charge in [-0.05, 0) is 24.3 Å². The molecule has 0 atom stereocenters. The molecular formula is C11H12ClN2S. The Balaban J connectivity index is 2.26. The lowest BCUT2D eigenvalue weighted by atomic mass is 10.1. The SMILES string of the molecule is CCCSc1cc2c(cc1Cl)NC=N[CH]2. The number of halogens is 1. The highest BCUT2D eigenvalue weighted by molar-refractivity contribution is 7.99. The van der Waals surface area contributed by atoms with Crippen LogP contribution in [-0.4, -0.2) is 12.1 Å². The molecule has 0 amide bonds. The van der Waals surface area contributed by atoms with Gasteiger partial charge in [0.1, 0.15) is 6.54 Å². The molecule has 1 N–H and O–H groups in total. The van der Waals surface area contributed by atoms with Gasteiger partial charge in [0.15, 0.2) is 0 Å². The fourth-order valence-corrected chi connectivity index (χ4v) is 2.51. The zero-order chi connectivity index (χ0) is 10.7. The van der Waals surface area contributed by atoms with E-state index >= 15 is 0 Å². The number of fused-ring (bicyclic) bond motifs is 1. The van der Waals surface area contributed by atoms with Gasteiger partial charge in [0, 0.05) is 16.1 Å². The van der Waals surface area contributed by atoms with E-state index in [1.165, 1.54) is 0 Å². The number of hydrogen-bond donors (Lipinski definition) is 1. The number of benzene rings is 1. The smallest absolute Gasteiger partial charge is 0.105 e. The third-order valence-corrected chi connectivity index (χ3v) is 3.76. The largest absolute Gasteiger partial charge is 0.346 e. The number of nitrogens with zero attached hydrogens (tertiary/aromatic N) is 1. The van der Waals surface area contributed by atoms with Crippen molar-refractivity contribution in [1.29, 1.82) is 0 Å². The molecule has 4 heteroatoms. The van der Waals surface area contributed by atoms with Crippen LogP contribution in [0.2, 0.25) is 5.02 Å². The number of rotatable bonds is 3. The molecule has 1 aliphatic heterocycles. The van der Waals surface area contributed by atoms with Crippen LogP contribution >= 0.6 is 23.4 Å². The number of anilines is 1. The van der Waals surface area contributed by atoms with Crippen LogP contribution in [0.4, 0.5) is 5.69 Å². The van der Waals surface area contributed by atoms with E-state index in [2.05, 4.69) is 23.3 Å². The van der Waals surface area contributed by atoms with Crippen molar-refractivity contribution in [2.24, 2.45) is 4.99 Å². The highest BCUT2D eigenvalue weighted by Crippen LogP contribution is 2.34. The predicted octanol–water partition coefficient (Wildman–Crippen LogP) is 3.81. The zero-order valence-corrected chi connectivity index (χ0v) is 10.0. The minimum absolute atomic E-state index is 0.809. The molecule has 0 fully saturated rings. The number of nitrogens with one attached hydrogen (secondary N) is 1. The normalized spacial score (nSPS) is 13.5. The number of hydrogen-bond acceptors (Lipinski definition) is 3. The van der Waals surface area contributed by atoms with E-state index in [1.807, 2.05) is 12.6 Å². The summed E-state index contributed by atoms with van der Waals surface area (Å²) in [5, 5.41) is 3.88. The summed E-state index contributed by atoms with van der Waals surface area (Å²) in [4.78, 5) is 5.19. The van der Waals surface area contributed by atoms with Gasteiger partial charge in [-0.2, -0.15) is 0 Å². The molecule has 0 spiro atoms. The molecule has 0 aromatic heterocycles. The van der Waals surface area contributed by atoms with Crippen LogP contribution in [0.3, 0.4) is 0 Å². The molecule has 0 saturated carbocycles. The maximum absolute atomic E-state index is 6.18. The Labute approximate surface area is 99.1 Å². The van der Waals surface area contributed by atoms with E-state index in [0.717, 1.165) is 33.3 Å². The Morgan fingerprint density at radius 2 is 2.33 bits per heavy atom. The third-order valence-electron chi connectivity index (χ3n) is 2.07. The first-order valence-electron chi connectivity index (χ1n) is 4.89. The van der Waals surface area contributed by atoms with Gasteiger partial charge >= 0.3 is 0 Å². The summed E-state index contributed by atoms with van der Waals surface area (Å²) in [6.07, 6.45) is 2.82. The summed E-state index contributed by atoms with van der Waals surface area (Å²) in [7, 11) is 0. The average Bonchev–Trinajstić information content (AvgIpc) is 2.26. The van der Waals surface area contributed by atoms with Gasteiger partial charge in [-0.1, -0.05) is 18.5 Å². The van der Waals surface area contributed by atoms with Gasteiger partial charge in [-0.25, -0.2) is 0 Å². The summed E-state index contributed by atoms with van der Waals surface area (Å²) in [5.41, 5.74) is 2.12. The molecule has 0 aliphatic carbocycles. The highest BCUT2D eigenvalue weighted by Gasteiger charge is 2.10. The summed E-state index contributed by atoms with van der Waals surface area (Å²) in [5.74, 6) is 1.09. The number of aliphatic imine (C=N–C) groups is 1. The molecular weight excluding hydrogens is 228 g/mol. The fraction of sp³-hybridized carbons (Fsp3) is 0.273. The van der Waals surface area contributed by atoms with Gasteiger partial charge in [-0.3, -0.25) is 4.99 Å². The van der Waals surface area contributed by atoms with Crippen LogP contribution in [-0.2, 0) is 0 Å². The molecule has 79 valence electrons. The summed E-state index contributed by atoms with van der Waals surface area (Å²) in [6.45, 7) is 4.01. The molecule has 0 unspecified atom stereocenters. The molecule has 0 saturated heterocycles. The summed E-state index contributed by atoms with van der Waals surface area (Å²) >= 11 is 7.97. The van der Waals surface area contributed by atoms with Crippen LogP contribution < -0.4 is 5.32 Å². The maximum atomic E-state index is 6.18. The minimum Gasteiger partial charge on any atom is -0.346 e. The van der Waals surface area contributed by atoms with Crippen LogP contribution in [0.5, 0.6) is 0 Å². The van der Waals surface area contributed by atoms with Gasteiger partial charge in [0.25, 0.3) is 0 Å². The molecule has 1 heterocycles. The van der Waals surface area contributed by atoms with Crippen molar-refractivity contribution in [1.82, 2.24) is 0 Å². The predicted molar refractivity (Wildman–Crippen MR) is 68.0 cm³/mol. The first kappa shape index (κ1) is 10.8. The Bertz CT molecular complexity index is 390. The number of thioether (sulfide) groups is 1. The minimum atomic E-state index is 0.809. The highest BCUT2D eigenvalue weighted by atomic mass is 35.5. The molecule has 2 nitrogen and oxygen atoms in total. The summed E-state index contributed by atoms with van der Waals surface area (Å²) < 4.78 is 0. The van der Waals surface area contributed by atoms with Gasteiger partial charge in [0.2, 0.25) is 0 Å². The van der Waals surface area contributed by atoms with Crippen LogP contribution in [0.15, 0.2) is 22.0 Å². The lowest BCUT2D eigenvalue weighted by Crippen LogP contribution is -2.04. The van der Waals surface area contributed by atoms with E-state index in [-0.39, 0.29) is 0 Å². The van der Waals surface area contributed by atoms with Crippen LogP contribution in [0, 0.1) is 6.54 Å². The second-order valence-electron chi connectivity index (χ2n) is 3.27. The van der Waals surface area contributed by atoms with Crippen molar-refractivity contribution < 1.29 is 0 Å². The zero-order valence-electron chi connectivity index (χ0n) is 8.46. The standard InChI is InChI=1S/C11H12ClN2S/c1-2-3-15-11-4-8-6-13-7-14-10(8)5-9(11)12/h4-7H,2-3H2,1H3,(H,13,14).